The molecule has 0 aliphatic rings. The van der Waals surface area contributed by atoms with Gasteiger partial charge in [0.1, 0.15) is 18.0 Å². The van der Waals surface area contributed by atoms with Crippen LogP contribution in [-0.4, -0.2) is 34.6 Å². The van der Waals surface area contributed by atoms with E-state index in [1.807, 2.05) is 30.3 Å². The molecule has 0 unspecified atom stereocenters. The summed E-state index contributed by atoms with van der Waals surface area (Å²) >= 11 is 6.60. The number of hydrogen-bond donors (Lipinski definition) is 0. The molecule has 0 bridgehead atoms. The highest BCUT2D eigenvalue weighted by molar-refractivity contribution is 8.24. The zero-order chi connectivity index (χ0) is 15.0. The molecule has 0 saturated carbocycles. The topological polar surface area (TPSA) is 52.6 Å². The summed E-state index contributed by atoms with van der Waals surface area (Å²) in [5.41, 5.74) is 0.901. The van der Waals surface area contributed by atoms with Crippen molar-refractivity contribution in [1.29, 1.82) is 0 Å². The fraction of sp³-hybridized carbons (Fsp3) is 0.357. The number of ether oxygens (including phenoxy) is 2. The van der Waals surface area contributed by atoms with Crippen LogP contribution in [0.3, 0.4) is 0 Å². The lowest BCUT2D eigenvalue weighted by Gasteiger charge is -2.22. The molecule has 0 fully saturated rings. The second-order valence-corrected chi connectivity index (χ2v) is 6.67. The van der Waals surface area contributed by atoms with Crippen LogP contribution in [0.4, 0.5) is 0 Å². The average molecular weight is 312 g/mol. The Morgan fingerprint density at radius 3 is 2.55 bits per heavy atom. The highest BCUT2D eigenvalue weighted by atomic mass is 32.2. The SMILES string of the molecule is CC(C)(SC(=S)c1ccccc1)C(=O)OCCOC=O. The summed E-state index contributed by atoms with van der Waals surface area (Å²) in [6.07, 6.45) is 0. The fourth-order valence-corrected chi connectivity index (χ4v) is 2.93. The van der Waals surface area contributed by atoms with Crippen LogP contribution >= 0.6 is 24.0 Å². The van der Waals surface area contributed by atoms with Crippen LogP contribution in [0.5, 0.6) is 0 Å². The van der Waals surface area contributed by atoms with Crippen molar-refractivity contribution in [3.05, 3.63) is 35.9 Å². The Hall–Kier alpha value is -1.40. The van der Waals surface area contributed by atoms with Gasteiger partial charge in [-0.25, -0.2) is 0 Å². The van der Waals surface area contributed by atoms with Gasteiger partial charge in [-0.05, 0) is 19.4 Å². The number of thioether (sulfide) groups is 1. The fourth-order valence-electron chi connectivity index (χ4n) is 1.31. The first-order valence-electron chi connectivity index (χ1n) is 5.98. The van der Waals surface area contributed by atoms with Crippen LogP contribution in [0.1, 0.15) is 19.4 Å². The molecule has 20 heavy (non-hydrogen) atoms. The molecular weight excluding hydrogens is 296 g/mol. The summed E-state index contributed by atoms with van der Waals surface area (Å²) in [5.74, 6) is -0.393. The van der Waals surface area contributed by atoms with Crippen molar-refractivity contribution < 1.29 is 19.1 Å². The van der Waals surface area contributed by atoms with Gasteiger partial charge >= 0.3 is 5.97 Å². The van der Waals surface area contributed by atoms with Crippen LogP contribution in [0.2, 0.25) is 0 Å². The highest BCUT2D eigenvalue weighted by Gasteiger charge is 2.32. The van der Waals surface area contributed by atoms with Gasteiger partial charge < -0.3 is 9.47 Å². The molecule has 0 aliphatic carbocycles. The lowest BCUT2D eigenvalue weighted by molar-refractivity contribution is -0.149. The summed E-state index contributed by atoms with van der Waals surface area (Å²) in [4.78, 5) is 21.9. The molecule has 1 aromatic carbocycles. The van der Waals surface area contributed by atoms with E-state index in [9.17, 15) is 9.59 Å². The monoisotopic (exact) mass is 312 g/mol. The van der Waals surface area contributed by atoms with Gasteiger partial charge in [-0.15, -0.1) is 0 Å². The van der Waals surface area contributed by atoms with Crippen molar-refractivity contribution in [2.24, 2.45) is 0 Å². The van der Waals surface area contributed by atoms with E-state index in [1.54, 1.807) is 13.8 Å². The third-order valence-corrected chi connectivity index (χ3v) is 3.94. The number of carbonyl (C=O) groups is 2. The van der Waals surface area contributed by atoms with Gasteiger partial charge in [0.15, 0.2) is 0 Å². The molecular formula is C14H16O4S2. The first-order chi connectivity index (χ1) is 9.47. The molecule has 0 atom stereocenters. The van der Waals surface area contributed by atoms with Crippen molar-refractivity contribution in [2.45, 2.75) is 18.6 Å². The van der Waals surface area contributed by atoms with Crippen molar-refractivity contribution in [3.8, 4) is 0 Å². The quantitative estimate of drug-likeness (QED) is 0.334. The van der Waals surface area contributed by atoms with E-state index in [0.29, 0.717) is 10.7 Å². The Balaban J connectivity index is 2.53. The predicted molar refractivity (Wildman–Crippen MR) is 82.8 cm³/mol. The highest BCUT2D eigenvalue weighted by Crippen LogP contribution is 2.30. The normalized spacial score (nSPS) is 10.7. The number of esters is 1. The number of benzene rings is 1. The first-order valence-corrected chi connectivity index (χ1v) is 7.20. The van der Waals surface area contributed by atoms with E-state index in [4.69, 9.17) is 17.0 Å². The van der Waals surface area contributed by atoms with Crippen LogP contribution in [-0.2, 0) is 19.1 Å². The number of thiocarbonyl (C=S) groups is 1. The van der Waals surface area contributed by atoms with Crippen molar-refractivity contribution in [3.63, 3.8) is 0 Å². The van der Waals surface area contributed by atoms with Crippen LogP contribution < -0.4 is 0 Å². The first kappa shape index (κ1) is 16.7. The summed E-state index contributed by atoms with van der Waals surface area (Å²) in [5, 5.41) is 0. The van der Waals surface area contributed by atoms with Gasteiger partial charge in [0.05, 0.1) is 4.20 Å². The van der Waals surface area contributed by atoms with Crippen molar-refractivity contribution >= 4 is 40.6 Å². The molecule has 1 aromatic rings. The Morgan fingerprint density at radius 2 is 1.95 bits per heavy atom. The standard InChI is InChI=1S/C14H16O4S2/c1-14(2,13(16)18-9-8-17-10-15)20-12(19)11-6-4-3-5-7-11/h3-7,10H,8-9H2,1-2H3. The van der Waals surface area contributed by atoms with Crippen LogP contribution in [0.15, 0.2) is 30.3 Å². The lowest BCUT2D eigenvalue weighted by atomic mass is 10.2. The molecule has 0 saturated heterocycles. The molecule has 0 heterocycles. The Bertz CT molecular complexity index is 471. The smallest absolute Gasteiger partial charge is 0.322 e. The van der Waals surface area contributed by atoms with Gasteiger partial charge in [0, 0.05) is 0 Å². The second kappa shape index (κ2) is 8.01. The third kappa shape index (κ3) is 5.30. The number of hydrogen-bond acceptors (Lipinski definition) is 6. The zero-order valence-electron chi connectivity index (χ0n) is 11.3. The molecule has 0 spiro atoms. The van der Waals surface area contributed by atoms with Crippen molar-refractivity contribution in [2.75, 3.05) is 13.2 Å². The molecule has 0 aromatic heterocycles. The zero-order valence-corrected chi connectivity index (χ0v) is 13.0. The van der Waals surface area contributed by atoms with Crippen LogP contribution in [0, 0.1) is 0 Å². The molecule has 0 aliphatic heterocycles. The maximum atomic E-state index is 11.9. The Morgan fingerprint density at radius 1 is 1.30 bits per heavy atom. The lowest BCUT2D eigenvalue weighted by Crippen LogP contribution is -2.32. The van der Waals surface area contributed by atoms with E-state index in [-0.39, 0.29) is 13.2 Å². The van der Waals surface area contributed by atoms with Crippen LogP contribution in [0.25, 0.3) is 0 Å². The van der Waals surface area contributed by atoms with Gasteiger partial charge in [-0.2, -0.15) is 0 Å². The Labute approximate surface area is 127 Å². The minimum absolute atomic E-state index is 0.0413. The van der Waals surface area contributed by atoms with E-state index in [1.165, 1.54) is 11.8 Å². The summed E-state index contributed by atoms with van der Waals surface area (Å²) in [6.45, 7) is 3.91. The van der Waals surface area contributed by atoms with E-state index in [0.717, 1.165) is 5.56 Å². The third-order valence-electron chi connectivity index (χ3n) is 2.35. The van der Waals surface area contributed by atoms with Gasteiger partial charge in [-0.3, -0.25) is 9.59 Å². The van der Waals surface area contributed by atoms with E-state index >= 15 is 0 Å². The molecule has 0 radical (unpaired) electrons. The minimum atomic E-state index is -0.798. The van der Waals surface area contributed by atoms with E-state index in [2.05, 4.69) is 4.74 Å². The maximum Gasteiger partial charge on any atom is 0.322 e. The Kier molecular flexibility index (Phi) is 6.67. The average Bonchev–Trinajstić information content (AvgIpc) is 2.43. The molecule has 6 heteroatoms. The molecule has 1 rings (SSSR count). The van der Waals surface area contributed by atoms with E-state index < -0.39 is 10.7 Å². The summed E-state index contributed by atoms with van der Waals surface area (Å²) in [6, 6.07) is 9.49. The summed E-state index contributed by atoms with van der Waals surface area (Å²) in [7, 11) is 0. The number of rotatable bonds is 7. The molecule has 0 amide bonds. The largest absolute Gasteiger partial charge is 0.464 e. The second-order valence-electron chi connectivity index (χ2n) is 4.37. The maximum absolute atomic E-state index is 11.9. The minimum Gasteiger partial charge on any atom is -0.464 e. The van der Waals surface area contributed by atoms with Gasteiger partial charge in [0.25, 0.3) is 6.47 Å². The van der Waals surface area contributed by atoms with Gasteiger partial charge in [0.2, 0.25) is 0 Å². The van der Waals surface area contributed by atoms with Crippen molar-refractivity contribution in [1.82, 2.24) is 0 Å². The number of carbonyl (C=O) groups excluding carboxylic acids is 2. The molecule has 4 nitrogen and oxygen atoms in total. The summed E-state index contributed by atoms with van der Waals surface area (Å²) < 4.78 is 9.34. The molecule has 0 N–H and O–H groups in total. The molecule has 108 valence electrons. The predicted octanol–water partition coefficient (Wildman–Crippen LogP) is 2.59. The van der Waals surface area contributed by atoms with Gasteiger partial charge in [-0.1, -0.05) is 54.3 Å².